The molecule has 17 heavy (non-hydrogen) atoms. The Hall–Kier alpha value is -0.540. The topological polar surface area (TPSA) is 49.3 Å². The summed E-state index contributed by atoms with van der Waals surface area (Å²) in [6.45, 7) is 7.44. The third-order valence-corrected chi connectivity index (χ3v) is 3.05. The first-order chi connectivity index (χ1) is 8.04. The monoisotopic (exact) mass is 260 g/mol. The molecule has 99 valence electrons. The van der Waals surface area contributed by atoms with Crippen LogP contribution in [0.1, 0.15) is 33.1 Å². The highest BCUT2D eigenvalue weighted by atomic mass is 35.5. The molecule has 0 aliphatic rings. The van der Waals surface area contributed by atoms with Gasteiger partial charge in [0, 0.05) is 6.42 Å². The van der Waals surface area contributed by atoms with E-state index in [1.54, 1.807) is 6.92 Å². The van der Waals surface area contributed by atoms with E-state index in [1.165, 1.54) is 6.42 Å². The summed E-state index contributed by atoms with van der Waals surface area (Å²) >= 11 is 5.63. The van der Waals surface area contributed by atoms with Crippen LogP contribution in [0.2, 0.25) is 0 Å². The Kier molecular flexibility index (Phi) is 9.18. The third-order valence-electron chi connectivity index (χ3n) is 2.73. The van der Waals surface area contributed by atoms with Crippen molar-refractivity contribution in [2.45, 2.75) is 45.3 Å². The van der Waals surface area contributed by atoms with Crippen molar-refractivity contribution in [3.8, 4) is 0 Å². The Bertz CT molecular complexity index is 233. The maximum absolute atomic E-state index is 11.3. The van der Waals surface area contributed by atoms with Gasteiger partial charge in [-0.25, -0.2) is 0 Å². The molecule has 2 N–H and O–H groups in total. The number of hydrogen-bond acceptors (Lipinski definition) is 2. The van der Waals surface area contributed by atoms with Crippen LogP contribution in [-0.2, 0) is 4.79 Å². The van der Waals surface area contributed by atoms with Crippen LogP contribution in [0, 0.1) is 12.3 Å². The summed E-state index contributed by atoms with van der Waals surface area (Å²) in [7, 11) is 0. The Balaban J connectivity index is 4.26. The molecule has 0 aromatic heterocycles. The quantitative estimate of drug-likeness (QED) is 0.494. The van der Waals surface area contributed by atoms with Gasteiger partial charge < -0.3 is 10.4 Å². The van der Waals surface area contributed by atoms with Crippen molar-refractivity contribution >= 4 is 17.5 Å². The smallest absolute Gasteiger partial charge is 0.223 e. The molecule has 1 radical (unpaired) electrons. The molecule has 0 saturated carbocycles. The highest BCUT2D eigenvalue weighted by molar-refractivity contribution is 6.18. The van der Waals surface area contributed by atoms with E-state index in [1.807, 2.05) is 6.08 Å². The molecule has 0 aromatic rings. The highest BCUT2D eigenvalue weighted by Crippen LogP contribution is 2.16. The number of aliphatic hydroxyl groups is 1. The molecular formula is C13H23ClNO2. The van der Waals surface area contributed by atoms with Crippen molar-refractivity contribution in [2.24, 2.45) is 5.92 Å². The van der Waals surface area contributed by atoms with E-state index in [9.17, 15) is 9.90 Å². The number of aliphatic hydroxyl groups excluding tert-OH is 1. The SMILES string of the molecule is C=CCC[C@@H](C)C[C@H](NC(=O)[CH]C)[C@H](O)CCl. The van der Waals surface area contributed by atoms with Crippen LogP contribution in [0.3, 0.4) is 0 Å². The number of alkyl halides is 1. The number of nitrogens with one attached hydrogen (secondary N) is 1. The summed E-state index contributed by atoms with van der Waals surface area (Å²) in [5, 5.41) is 12.5. The van der Waals surface area contributed by atoms with Gasteiger partial charge in [0.1, 0.15) is 0 Å². The van der Waals surface area contributed by atoms with Gasteiger partial charge in [0.05, 0.1) is 18.0 Å². The van der Waals surface area contributed by atoms with Crippen molar-refractivity contribution in [1.29, 1.82) is 0 Å². The van der Waals surface area contributed by atoms with Crippen LogP contribution >= 0.6 is 11.6 Å². The minimum atomic E-state index is -0.702. The van der Waals surface area contributed by atoms with E-state index in [0.29, 0.717) is 5.92 Å². The molecule has 0 aliphatic heterocycles. The molecule has 3 atom stereocenters. The molecule has 0 bridgehead atoms. The fraction of sp³-hybridized carbons (Fsp3) is 0.692. The number of allylic oxidation sites excluding steroid dienone is 1. The van der Waals surface area contributed by atoms with Crippen LogP contribution in [0.4, 0.5) is 0 Å². The van der Waals surface area contributed by atoms with Gasteiger partial charge in [-0.2, -0.15) is 0 Å². The van der Waals surface area contributed by atoms with Gasteiger partial charge in [0.2, 0.25) is 5.91 Å². The van der Waals surface area contributed by atoms with Crippen LogP contribution < -0.4 is 5.32 Å². The van der Waals surface area contributed by atoms with Crippen LogP contribution in [0.25, 0.3) is 0 Å². The number of carbonyl (C=O) groups excluding carboxylic acids is 1. The molecule has 0 rings (SSSR count). The molecule has 0 spiro atoms. The zero-order valence-corrected chi connectivity index (χ0v) is 11.4. The summed E-state index contributed by atoms with van der Waals surface area (Å²) in [5.41, 5.74) is 0. The van der Waals surface area contributed by atoms with Gasteiger partial charge >= 0.3 is 0 Å². The van der Waals surface area contributed by atoms with Crippen molar-refractivity contribution in [3.63, 3.8) is 0 Å². The average Bonchev–Trinajstić information content (AvgIpc) is 2.34. The van der Waals surface area contributed by atoms with Crippen molar-refractivity contribution in [3.05, 3.63) is 19.1 Å². The van der Waals surface area contributed by atoms with E-state index in [0.717, 1.165) is 19.3 Å². The molecule has 0 unspecified atom stereocenters. The molecule has 1 amide bonds. The Labute approximate surface area is 109 Å². The molecule has 0 aromatic carbocycles. The van der Waals surface area contributed by atoms with E-state index in [-0.39, 0.29) is 17.8 Å². The lowest BCUT2D eigenvalue weighted by molar-refractivity contribution is -0.119. The molecule has 0 aliphatic carbocycles. The lowest BCUT2D eigenvalue weighted by Crippen LogP contribution is -2.45. The minimum Gasteiger partial charge on any atom is -0.390 e. The summed E-state index contributed by atoms with van der Waals surface area (Å²) < 4.78 is 0. The van der Waals surface area contributed by atoms with Crippen molar-refractivity contribution in [1.82, 2.24) is 5.32 Å². The predicted octanol–water partition coefficient (Wildman–Crippen LogP) is 2.29. The molecule has 3 nitrogen and oxygen atoms in total. The number of rotatable bonds is 9. The van der Waals surface area contributed by atoms with Gasteiger partial charge in [-0.15, -0.1) is 18.2 Å². The van der Waals surface area contributed by atoms with Crippen molar-refractivity contribution in [2.75, 3.05) is 5.88 Å². The maximum Gasteiger partial charge on any atom is 0.223 e. The Morgan fingerprint density at radius 2 is 2.24 bits per heavy atom. The number of amides is 1. The molecule has 0 fully saturated rings. The largest absolute Gasteiger partial charge is 0.390 e. The fourth-order valence-corrected chi connectivity index (χ4v) is 1.85. The summed E-state index contributed by atoms with van der Waals surface area (Å²) in [4.78, 5) is 11.3. The lowest BCUT2D eigenvalue weighted by atomic mass is 9.94. The highest BCUT2D eigenvalue weighted by Gasteiger charge is 2.22. The normalized spacial score (nSPS) is 16.0. The average molecular weight is 261 g/mol. The van der Waals surface area contributed by atoms with Crippen LogP contribution in [0.5, 0.6) is 0 Å². The second kappa shape index (κ2) is 9.49. The van der Waals surface area contributed by atoms with Gasteiger partial charge in [-0.05, 0) is 25.2 Å². The predicted molar refractivity (Wildman–Crippen MR) is 71.8 cm³/mol. The summed E-state index contributed by atoms with van der Waals surface area (Å²) in [6.07, 6.45) is 5.29. The second-order valence-electron chi connectivity index (χ2n) is 4.33. The Morgan fingerprint density at radius 3 is 2.71 bits per heavy atom. The van der Waals surface area contributed by atoms with Crippen molar-refractivity contribution < 1.29 is 9.90 Å². The number of hydrogen-bond donors (Lipinski definition) is 2. The molecule has 4 heteroatoms. The van der Waals surface area contributed by atoms with E-state index in [4.69, 9.17) is 11.6 Å². The first-order valence-electron chi connectivity index (χ1n) is 5.99. The van der Waals surface area contributed by atoms with E-state index in [2.05, 4.69) is 18.8 Å². The minimum absolute atomic E-state index is 0.128. The molecule has 0 heterocycles. The maximum atomic E-state index is 11.3. The van der Waals surface area contributed by atoms with Gasteiger partial charge in [0.15, 0.2) is 0 Å². The molecule has 0 saturated heterocycles. The molecular weight excluding hydrogens is 238 g/mol. The lowest BCUT2D eigenvalue weighted by Gasteiger charge is -2.25. The van der Waals surface area contributed by atoms with Gasteiger partial charge in [0.25, 0.3) is 0 Å². The first kappa shape index (κ1) is 16.5. The standard InChI is InChI=1S/C13H23ClNO2/c1-4-6-7-10(3)8-11(12(16)9-14)15-13(17)5-2/h4-5,10-12,16H,1,6-9H2,2-3H3,(H,15,17)/t10-,11+,12-/m1/s1. The zero-order chi connectivity index (χ0) is 13.3. The van der Waals surface area contributed by atoms with Crippen LogP contribution in [-0.4, -0.2) is 29.0 Å². The number of halogens is 1. The van der Waals surface area contributed by atoms with E-state index >= 15 is 0 Å². The second-order valence-corrected chi connectivity index (χ2v) is 4.64. The Morgan fingerprint density at radius 1 is 1.59 bits per heavy atom. The summed E-state index contributed by atoms with van der Waals surface area (Å²) in [6, 6.07) is -0.281. The first-order valence-corrected chi connectivity index (χ1v) is 6.53. The third kappa shape index (κ3) is 7.40. The van der Waals surface area contributed by atoms with E-state index < -0.39 is 6.10 Å². The van der Waals surface area contributed by atoms with Crippen LogP contribution in [0.15, 0.2) is 12.7 Å². The summed E-state index contributed by atoms with van der Waals surface area (Å²) in [5.74, 6) is 0.367. The fourth-order valence-electron chi connectivity index (χ4n) is 1.64. The zero-order valence-electron chi connectivity index (χ0n) is 10.7. The van der Waals surface area contributed by atoms with Gasteiger partial charge in [-0.1, -0.05) is 19.9 Å². The number of carbonyl (C=O) groups is 1. The van der Waals surface area contributed by atoms with Gasteiger partial charge in [-0.3, -0.25) is 4.79 Å².